The van der Waals surface area contributed by atoms with Crippen molar-refractivity contribution in [2.24, 2.45) is 5.73 Å². The van der Waals surface area contributed by atoms with Gasteiger partial charge in [0, 0.05) is 0 Å². The highest BCUT2D eigenvalue weighted by Gasteiger charge is 2.04. The molecule has 0 amide bonds. The Balaban J connectivity index is 1.31. The average Bonchev–Trinajstić information content (AvgIpc) is 2.79. The highest BCUT2D eigenvalue weighted by atomic mass is 32.1. The number of nitrogens with two attached hydrogens (primary N) is 1. The van der Waals surface area contributed by atoms with Gasteiger partial charge in [-0.1, -0.05) is 125 Å². The van der Waals surface area contributed by atoms with Crippen molar-refractivity contribution in [1.82, 2.24) is 0 Å². The van der Waals surface area contributed by atoms with Crippen molar-refractivity contribution in [3.8, 4) is 5.75 Å². The van der Waals surface area contributed by atoms with Crippen LogP contribution in [0, 0.1) is 0 Å². The lowest BCUT2D eigenvalue weighted by molar-refractivity contribution is 0.304. The molecule has 170 valence electrons. The summed E-state index contributed by atoms with van der Waals surface area (Å²) in [7, 11) is 0. The molecule has 0 aliphatic carbocycles. The van der Waals surface area contributed by atoms with Crippen molar-refractivity contribution >= 4 is 17.2 Å². The van der Waals surface area contributed by atoms with E-state index in [-0.39, 0.29) is 0 Å². The Morgan fingerprint density at radius 3 is 1.68 bits per heavy atom. The summed E-state index contributed by atoms with van der Waals surface area (Å²) in [5.74, 6) is 0.811. The van der Waals surface area contributed by atoms with Gasteiger partial charge in [-0.15, -0.1) is 0 Å². The molecule has 2 nitrogen and oxygen atoms in total. The zero-order chi connectivity index (χ0) is 22.0. The van der Waals surface area contributed by atoms with Crippen LogP contribution in [0.15, 0.2) is 54.6 Å². The molecule has 0 bridgehead atoms. The van der Waals surface area contributed by atoms with E-state index in [0.29, 0.717) is 4.99 Å². The Hall–Kier alpha value is -1.87. The third kappa shape index (κ3) is 11.9. The Morgan fingerprint density at radius 1 is 0.613 bits per heavy atom. The van der Waals surface area contributed by atoms with Crippen molar-refractivity contribution in [2.45, 2.75) is 89.9 Å². The van der Waals surface area contributed by atoms with Gasteiger partial charge in [0.25, 0.3) is 0 Å². The first-order chi connectivity index (χ1) is 15.3. The largest absolute Gasteiger partial charge is 0.493 e. The topological polar surface area (TPSA) is 35.2 Å². The summed E-state index contributed by atoms with van der Waals surface area (Å²) < 4.78 is 5.86. The van der Waals surface area contributed by atoms with Gasteiger partial charge in [0.05, 0.1) is 12.2 Å². The van der Waals surface area contributed by atoms with Crippen molar-refractivity contribution < 1.29 is 4.74 Å². The summed E-state index contributed by atoms with van der Waals surface area (Å²) in [6.07, 6.45) is 18.7. The molecule has 0 heterocycles. The molecule has 2 aromatic carbocycles. The quantitative estimate of drug-likeness (QED) is 0.189. The highest BCUT2D eigenvalue weighted by molar-refractivity contribution is 7.80. The van der Waals surface area contributed by atoms with E-state index in [9.17, 15) is 0 Å². The van der Waals surface area contributed by atoms with Gasteiger partial charge >= 0.3 is 0 Å². The lowest BCUT2D eigenvalue weighted by atomic mass is 10.0. The van der Waals surface area contributed by atoms with E-state index in [1.165, 1.54) is 89.0 Å². The monoisotopic (exact) mass is 439 g/mol. The Bertz CT molecular complexity index is 716. The number of ether oxygens (including phenoxy) is 1. The normalized spacial score (nSPS) is 10.8. The lowest BCUT2D eigenvalue weighted by Gasteiger charge is -2.10. The number of rotatable bonds is 18. The maximum atomic E-state index is 5.86. The molecule has 0 unspecified atom stereocenters. The van der Waals surface area contributed by atoms with Crippen molar-refractivity contribution in [2.75, 3.05) is 6.61 Å². The summed E-state index contributed by atoms with van der Waals surface area (Å²) in [6, 6.07) is 18.6. The predicted molar refractivity (Wildman–Crippen MR) is 138 cm³/mol. The molecule has 0 aromatic heterocycles. The molecule has 0 aliphatic rings. The van der Waals surface area contributed by atoms with Gasteiger partial charge in [-0.2, -0.15) is 0 Å². The maximum absolute atomic E-state index is 5.86. The number of aryl methyl sites for hydroxylation is 1. The molecule has 2 rings (SSSR count). The first-order valence-corrected chi connectivity index (χ1v) is 12.7. The molecule has 3 heteroatoms. The summed E-state index contributed by atoms with van der Waals surface area (Å²) in [4.78, 5) is 0.402. The Labute approximate surface area is 195 Å². The SMILES string of the molecule is NC(=S)c1ccccc1OCCCCCCCCCCCCCCCc1ccccc1. The minimum Gasteiger partial charge on any atom is -0.493 e. The maximum Gasteiger partial charge on any atom is 0.129 e. The summed E-state index contributed by atoms with van der Waals surface area (Å²) in [5.41, 5.74) is 8.06. The second-order valence-electron chi connectivity index (χ2n) is 8.54. The van der Waals surface area contributed by atoms with E-state index < -0.39 is 0 Å². The van der Waals surface area contributed by atoms with E-state index >= 15 is 0 Å². The average molecular weight is 440 g/mol. The van der Waals surface area contributed by atoms with Gasteiger partial charge in [-0.25, -0.2) is 0 Å². The van der Waals surface area contributed by atoms with Crippen LogP contribution in [0.25, 0.3) is 0 Å². The van der Waals surface area contributed by atoms with Crippen LogP contribution >= 0.6 is 12.2 Å². The highest BCUT2D eigenvalue weighted by Crippen LogP contribution is 2.18. The van der Waals surface area contributed by atoms with Crippen LogP contribution in [0.5, 0.6) is 5.75 Å². The first-order valence-electron chi connectivity index (χ1n) is 12.3. The van der Waals surface area contributed by atoms with Crippen molar-refractivity contribution in [1.29, 1.82) is 0 Å². The van der Waals surface area contributed by atoms with Gasteiger partial charge < -0.3 is 10.5 Å². The van der Waals surface area contributed by atoms with E-state index in [1.807, 2.05) is 24.3 Å². The van der Waals surface area contributed by atoms with Crippen LogP contribution in [0.3, 0.4) is 0 Å². The van der Waals surface area contributed by atoms with Crippen LogP contribution in [-0.4, -0.2) is 11.6 Å². The third-order valence-electron chi connectivity index (χ3n) is 5.86. The molecule has 2 aromatic rings. The molecule has 0 spiro atoms. The number of thiocarbonyl (C=S) groups is 1. The van der Waals surface area contributed by atoms with E-state index in [0.717, 1.165) is 24.3 Å². The second-order valence-corrected chi connectivity index (χ2v) is 8.98. The molecule has 0 radical (unpaired) electrons. The van der Waals surface area contributed by atoms with Crippen molar-refractivity contribution in [3.63, 3.8) is 0 Å². The van der Waals surface area contributed by atoms with Crippen LogP contribution in [0.4, 0.5) is 0 Å². The zero-order valence-corrected chi connectivity index (χ0v) is 20.0. The fraction of sp³-hybridized carbons (Fsp3) is 0.536. The van der Waals surface area contributed by atoms with Gasteiger partial charge in [0.15, 0.2) is 0 Å². The van der Waals surface area contributed by atoms with E-state index in [1.54, 1.807) is 0 Å². The van der Waals surface area contributed by atoms with Crippen LogP contribution in [0.1, 0.15) is 94.6 Å². The van der Waals surface area contributed by atoms with Crippen LogP contribution in [0.2, 0.25) is 0 Å². The minimum absolute atomic E-state index is 0.402. The number of benzene rings is 2. The molecule has 0 aliphatic heterocycles. The van der Waals surface area contributed by atoms with Gasteiger partial charge in [-0.3, -0.25) is 0 Å². The lowest BCUT2D eigenvalue weighted by Crippen LogP contribution is -2.12. The number of hydrogen-bond donors (Lipinski definition) is 1. The second kappa shape index (κ2) is 16.8. The first kappa shape index (κ1) is 25.4. The van der Waals surface area contributed by atoms with Crippen molar-refractivity contribution in [3.05, 3.63) is 65.7 Å². The van der Waals surface area contributed by atoms with Gasteiger partial charge in [0.2, 0.25) is 0 Å². The van der Waals surface area contributed by atoms with E-state index in [2.05, 4.69) is 30.3 Å². The summed E-state index contributed by atoms with van der Waals surface area (Å²) in [5, 5.41) is 0. The molecule has 2 N–H and O–H groups in total. The van der Waals surface area contributed by atoms with Crippen LogP contribution in [-0.2, 0) is 6.42 Å². The summed E-state index contributed by atoms with van der Waals surface area (Å²) >= 11 is 5.08. The fourth-order valence-corrected chi connectivity index (χ4v) is 4.17. The third-order valence-corrected chi connectivity index (χ3v) is 6.08. The fourth-order valence-electron chi connectivity index (χ4n) is 4.00. The molecule has 0 saturated carbocycles. The smallest absolute Gasteiger partial charge is 0.129 e. The number of hydrogen-bond acceptors (Lipinski definition) is 2. The Morgan fingerprint density at radius 2 is 1.10 bits per heavy atom. The molecular formula is C28H41NOS. The number of unbranched alkanes of at least 4 members (excludes halogenated alkanes) is 12. The molecule has 0 atom stereocenters. The number of para-hydroxylation sites is 1. The Kier molecular flexibility index (Phi) is 13.7. The molecule has 0 saturated heterocycles. The molecule has 31 heavy (non-hydrogen) atoms. The zero-order valence-electron chi connectivity index (χ0n) is 19.2. The van der Waals surface area contributed by atoms with Crippen LogP contribution < -0.4 is 10.5 Å². The predicted octanol–water partition coefficient (Wildman–Crippen LogP) is 8.01. The molecule has 0 fully saturated rings. The summed E-state index contributed by atoms with van der Waals surface area (Å²) in [6.45, 7) is 0.741. The van der Waals surface area contributed by atoms with Gasteiger partial charge in [0.1, 0.15) is 10.7 Å². The van der Waals surface area contributed by atoms with Gasteiger partial charge in [-0.05, 0) is 37.0 Å². The molecular weight excluding hydrogens is 398 g/mol. The van der Waals surface area contributed by atoms with E-state index in [4.69, 9.17) is 22.7 Å². The standard InChI is InChI=1S/C28H41NOS/c29-28(31)26-22-16-17-23-27(26)30-24-18-11-9-7-5-3-1-2-4-6-8-10-13-19-25-20-14-12-15-21-25/h12,14-17,20-23H,1-11,13,18-19,24H2,(H2,29,31). The minimum atomic E-state index is 0.402.